The number of hydrogen-bond donors (Lipinski definition) is 6. The molecule has 0 spiro atoms. The van der Waals surface area contributed by atoms with Gasteiger partial charge in [0, 0.05) is 6.42 Å². The summed E-state index contributed by atoms with van der Waals surface area (Å²) in [7, 11) is 0. The van der Waals surface area contributed by atoms with Gasteiger partial charge < -0.3 is 45.1 Å². The first-order chi connectivity index (χ1) is 41.7. The van der Waals surface area contributed by atoms with E-state index >= 15 is 0 Å². The smallest absolute Gasteiger partial charge is 0.306 e. The van der Waals surface area contributed by atoms with Gasteiger partial charge in [-0.25, -0.2) is 0 Å². The molecule has 11 nitrogen and oxygen atoms in total. The lowest BCUT2D eigenvalue weighted by molar-refractivity contribution is -0.305. The largest absolute Gasteiger partial charge is 0.454 e. The molecule has 1 heterocycles. The molecule has 0 radical (unpaired) electrons. The molecule has 0 aromatic carbocycles. The van der Waals surface area contributed by atoms with Gasteiger partial charge in [0.1, 0.15) is 24.4 Å². The van der Waals surface area contributed by atoms with E-state index in [0.717, 1.165) is 96.3 Å². The summed E-state index contributed by atoms with van der Waals surface area (Å²) >= 11 is 0. The van der Waals surface area contributed by atoms with Gasteiger partial charge >= 0.3 is 5.97 Å². The Bertz CT molecular complexity index is 1660. The molecule has 6 N–H and O–H groups in total. The van der Waals surface area contributed by atoms with Crippen LogP contribution in [0.25, 0.3) is 0 Å². The van der Waals surface area contributed by atoms with Gasteiger partial charge in [-0.05, 0) is 70.6 Å². The average Bonchev–Trinajstić information content (AvgIpc) is 3.69. The van der Waals surface area contributed by atoms with E-state index in [9.17, 15) is 35.1 Å². The number of ether oxygens (including phenoxy) is 3. The van der Waals surface area contributed by atoms with Gasteiger partial charge in [-0.1, -0.05) is 318 Å². The monoisotopic (exact) mass is 1200 g/mol. The molecule has 1 fully saturated rings. The fraction of sp³-hybridized carbons (Fsp3) is 0.811. The van der Waals surface area contributed by atoms with Crippen molar-refractivity contribution in [1.29, 1.82) is 0 Å². The molecular formula is C74H133NO10. The van der Waals surface area contributed by atoms with Crippen LogP contribution in [0.15, 0.2) is 72.9 Å². The molecule has 0 saturated carbocycles. The van der Waals surface area contributed by atoms with Gasteiger partial charge in [0.25, 0.3) is 0 Å². The molecule has 85 heavy (non-hydrogen) atoms. The molecule has 0 aromatic heterocycles. The highest BCUT2D eigenvalue weighted by atomic mass is 16.7. The molecule has 494 valence electrons. The normalized spacial score (nSPS) is 18.8. The minimum absolute atomic E-state index is 0.126. The predicted octanol–water partition coefficient (Wildman–Crippen LogP) is 18.3. The summed E-state index contributed by atoms with van der Waals surface area (Å²) in [5, 5.41) is 57.2. The number of carbonyl (C=O) groups is 2. The van der Waals surface area contributed by atoms with E-state index in [2.05, 4.69) is 86.8 Å². The molecule has 1 aliphatic rings. The standard InChI is InChI=1S/C74H133NO10/c1-4-7-10-13-16-19-22-24-26-28-30-32-33-34-36-37-39-41-43-46-49-52-55-58-61-67(78)73(82)75-65(66(77)60-57-54-51-48-45-21-18-15-12-9-6-3)64-83-74-72(71(81)70(80)68(63-76)84-74)85-69(79)62-59-56-53-50-47-44-42-40-38-35-31-29-27-25-23-20-17-14-11-8-5-2/h7,10,16,19,24,26,30,32,34,36,57,60,65-68,70-72,74,76-78,80-81H,4-6,8-9,11-15,17-18,20-23,25,27-29,31,33,35,37-56,58-59,61-64H2,1-3H3,(H,75,82)/b10-7-,19-16-,26-24-,32-30-,36-34-,60-57+. The molecule has 8 unspecified atom stereocenters. The van der Waals surface area contributed by atoms with Crippen molar-refractivity contribution >= 4 is 11.9 Å². The maximum Gasteiger partial charge on any atom is 0.306 e. The van der Waals surface area contributed by atoms with Crippen LogP contribution in [0.3, 0.4) is 0 Å². The molecular weight excluding hydrogens is 1060 g/mol. The number of hydrogen-bond acceptors (Lipinski definition) is 10. The van der Waals surface area contributed by atoms with Crippen molar-refractivity contribution in [3.8, 4) is 0 Å². The van der Waals surface area contributed by atoms with Crippen molar-refractivity contribution in [2.45, 2.75) is 372 Å². The maximum absolute atomic E-state index is 13.5. The Labute approximate surface area is 521 Å². The number of rotatable bonds is 61. The van der Waals surface area contributed by atoms with E-state index in [1.807, 2.05) is 6.08 Å². The van der Waals surface area contributed by atoms with E-state index < -0.39 is 67.4 Å². The van der Waals surface area contributed by atoms with Gasteiger partial charge in [-0.3, -0.25) is 9.59 Å². The lowest BCUT2D eigenvalue weighted by Crippen LogP contribution is -2.61. The minimum Gasteiger partial charge on any atom is -0.454 e. The zero-order chi connectivity index (χ0) is 61.7. The van der Waals surface area contributed by atoms with Crippen LogP contribution >= 0.6 is 0 Å². The summed E-state index contributed by atoms with van der Waals surface area (Å²) in [6.45, 7) is 5.71. The Kier molecular flexibility index (Phi) is 57.8. The third-order valence-corrected chi connectivity index (χ3v) is 16.6. The summed E-state index contributed by atoms with van der Waals surface area (Å²) < 4.78 is 17.7. The van der Waals surface area contributed by atoms with Crippen LogP contribution in [0.5, 0.6) is 0 Å². The highest BCUT2D eigenvalue weighted by Gasteiger charge is 2.47. The molecule has 1 aliphatic heterocycles. The number of amides is 1. The third-order valence-electron chi connectivity index (χ3n) is 16.6. The van der Waals surface area contributed by atoms with Crippen LogP contribution in [0.4, 0.5) is 0 Å². The molecule has 0 aromatic rings. The molecule has 1 rings (SSSR count). The van der Waals surface area contributed by atoms with Crippen molar-refractivity contribution in [2.24, 2.45) is 0 Å². The van der Waals surface area contributed by atoms with Gasteiger partial charge in [0.05, 0.1) is 25.4 Å². The van der Waals surface area contributed by atoms with Crippen LogP contribution < -0.4 is 5.32 Å². The SMILES string of the molecule is CC/C=C\C/C=C\C/C=C\C/C=C\C/C=C\CCCCCCCCCCC(O)C(=O)NC(COC1OC(CO)C(O)C(O)C1OC(=O)CCCCCCCCCCCCCCCCCCCCCCC)C(O)/C=C/CCCCCCCCCCC. The first-order valence-electron chi connectivity index (χ1n) is 35.7. The zero-order valence-electron chi connectivity index (χ0n) is 55.0. The van der Waals surface area contributed by atoms with Crippen molar-refractivity contribution < 1.29 is 49.3 Å². The second-order valence-corrected chi connectivity index (χ2v) is 24.6. The van der Waals surface area contributed by atoms with Crippen LogP contribution in [-0.4, -0.2) is 99.6 Å². The summed E-state index contributed by atoms with van der Waals surface area (Å²) in [6.07, 6.45) is 69.4. The van der Waals surface area contributed by atoms with Crippen LogP contribution in [0, 0.1) is 0 Å². The van der Waals surface area contributed by atoms with Gasteiger partial charge in [0.15, 0.2) is 12.4 Å². The van der Waals surface area contributed by atoms with E-state index in [-0.39, 0.29) is 19.4 Å². The second kappa shape index (κ2) is 61.3. The number of aliphatic hydroxyl groups excluding tert-OH is 5. The van der Waals surface area contributed by atoms with Crippen molar-refractivity contribution in [3.05, 3.63) is 72.9 Å². The highest BCUT2D eigenvalue weighted by molar-refractivity contribution is 5.80. The summed E-state index contributed by atoms with van der Waals surface area (Å²) in [4.78, 5) is 26.7. The fourth-order valence-corrected chi connectivity index (χ4v) is 11.0. The molecule has 0 bridgehead atoms. The van der Waals surface area contributed by atoms with Gasteiger partial charge in [-0.15, -0.1) is 0 Å². The highest BCUT2D eigenvalue weighted by Crippen LogP contribution is 2.26. The van der Waals surface area contributed by atoms with Crippen LogP contribution in [-0.2, 0) is 23.8 Å². The molecule has 1 saturated heterocycles. The lowest BCUT2D eigenvalue weighted by Gasteiger charge is -2.41. The molecule has 0 aliphatic carbocycles. The number of nitrogens with one attached hydrogen (secondary N) is 1. The number of aliphatic hydroxyl groups is 5. The minimum atomic E-state index is -1.62. The maximum atomic E-state index is 13.5. The molecule has 11 heteroatoms. The van der Waals surface area contributed by atoms with Crippen molar-refractivity contribution in [3.63, 3.8) is 0 Å². The number of unbranched alkanes of at least 4 members (excludes halogenated alkanes) is 37. The third kappa shape index (κ3) is 48.7. The number of carbonyl (C=O) groups excluding carboxylic acids is 2. The number of esters is 1. The van der Waals surface area contributed by atoms with E-state index in [1.165, 1.54) is 180 Å². The Morgan fingerprint density at radius 1 is 0.471 bits per heavy atom. The lowest BCUT2D eigenvalue weighted by atomic mass is 9.99. The van der Waals surface area contributed by atoms with E-state index in [0.29, 0.717) is 12.8 Å². The molecule has 8 atom stereocenters. The molecule has 1 amide bonds. The summed E-state index contributed by atoms with van der Waals surface area (Å²) in [5.41, 5.74) is 0. The topological polar surface area (TPSA) is 175 Å². The second-order valence-electron chi connectivity index (χ2n) is 24.6. The first kappa shape index (κ1) is 80.1. The van der Waals surface area contributed by atoms with Crippen molar-refractivity contribution in [1.82, 2.24) is 5.32 Å². The van der Waals surface area contributed by atoms with Crippen LogP contribution in [0.2, 0.25) is 0 Å². The van der Waals surface area contributed by atoms with Gasteiger partial charge in [0.2, 0.25) is 5.91 Å². The number of allylic oxidation sites excluding steroid dienone is 11. The predicted molar refractivity (Wildman–Crippen MR) is 356 cm³/mol. The van der Waals surface area contributed by atoms with Crippen molar-refractivity contribution in [2.75, 3.05) is 13.2 Å². The zero-order valence-corrected chi connectivity index (χ0v) is 55.0. The van der Waals surface area contributed by atoms with E-state index in [4.69, 9.17) is 14.2 Å². The Morgan fingerprint density at radius 3 is 1.27 bits per heavy atom. The Balaban J connectivity index is 2.56. The quantitative estimate of drug-likeness (QED) is 0.0195. The van der Waals surface area contributed by atoms with Gasteiger partial charge in [-0.2, -0.15) is 0 Å². The first-order valence-corrected chi connectivity index (χ1v) is 35.7. The fourth-order valence-electron chi connectivity index (χ4n) is 11.0. The summed E-state index contributed by atoms with van der Waals surface area (Å²) in [5.74, 6) is -1.19. The Morgan fingerprint density at radius 2 is 0.847 bits per heavy atom. The average molecular weight is 1200 g/mol. The summed E-state index contributed by atoms with van der Waals surface area (Å²) in [6, 6.07) is -1.03. The van der Waals surface area contributed by atoms with E-state index in [1.54, 1.807) is 6.08 Å². The van der Waals surface area contributed by atoms with Crippen LogP contribution in [0.1, 0.15) is 323 Å². The Hall–Kier alpha value is -2.90.